The molecule has 0 fully saturated rings. The molecular weight excluding hydrogens is 314 g/mol. The zero-order valence-electron chi connectivity index (χ0n) is 15.1. The molecule has 0 radical (unpaired) electrons. The van der Waals surface area contributed by atoms with Crippen LogP contribution in [0.15, 0.2) is 48.5 Å². The minimum Gasteiger partial charge on any atom is -0.497 e. The van der Waals surface area contributed by atoms with Gasteiger partial charge in [0.15, 0.2) is 0 Å². The van der Waals surface area contributed by atoms with Crippen molar-refractivity contribution in [2.45, 2.75) is 32.6 Å². The molecule has 2 rings (SSSR count). The van der Waals surface area contributed by atoms with E-state index in [1.807, 2.05) is 24.3 Å². The monoisotopic (exact) mass is 341 g/mol. The van der Waals surface area contributed by atoms with E-state index in [4.69, 9.17) is 9.47 Å². The number of amides is 1. The minimum atomic E-state index is 0.0857. The molecule has 4 nitrogen and oxygen atoms in total. The summed E-state index contributed by atoms with van der Waals surface area (Å²) in [7, 11) is 1.63. The summed E-state index contributed by atoms with van der Waals surface area (Å²) in [4.78, 5) is 11.8. The van der Waals surface area contributed by atoms with Crippen LogP contribution in [0.2, 0.25) is 0 Å². The molecule has 0 aliphatic heterocycles. The Bertz CT molecular complexity index is 652. The number of methoxy groups -OCH3 is 1. The molecule has 0 bridgehead atoms. The van der Waals surface area contributed by atoms with Gasteiger partial charge in [0.05, 0.1) is 13.7 Å². The van der Waals surface area contributed by atoms with Gasteiger partial charge in [0.25, 0.3) is 0 Å². The van der Waals surface area contributed by atoms with Gasteiger partial charge in [0.2, 0.25) is 5.91 Å². The third-order valence-corrected chi connectivity index (χ3v) is 3.92. The third kappa shape index (κ3) is 7.29. The number of benzene rings is 2. The van der Waals surface area contributed by atoms with Gasteiger partial charge in [-0.2, -0.15) is 0 Å². The summed E-state index contributed by atoms with van der Waals surface area (Å²) in [6.07, 6.45) is 3.14. The van der Waals surface area contributed by atoms with E-state index < -0.39 is 0 Å². The fourth-order valence-corrected chi connectivity index (χ4v) is 2.57. The van der Waals surface area contributed by atoms with Gasteiger partial charge in [-0.1, -0.05) is 29.8 Å². The lowest BCUT2D eigenvalue weighted by Crippen LogP contribution is -2.24. The van der Waals surface area contributed by atoms with Crippen LogP contribution in [-0.4, -0.2) is 26.2 Å². The van der Waals surface area contributed by atoms with Crippen molar-refractivity contribution in [1.82, 2.24) is 5.32 Å². The van der Waals surface area contributed by atoms with Crippen molar-refractivity contribution in [2.24, 2.45) is 0 Å². The number of carbonyl (C=O) groups excluding carboxylic acids is 1. The van der Waals surface area contributed by atoms with Crippen molar-refractivity contribution in [3.8, 4) is 11.5 Å². The second-order valence-corrected chi connectivity index (χ2v) is 6.07. The van der Waals surface area contributed by atoms with Gasteiger partial charge in [-0.25, -0.2) is 0 Å². The quantitative estimate of drug-likeness (QED) is 0.667. The molecular formula is C21H27NO3. The van der Waals surface area contributed by atoms with E-state index in [1.165, 1.54) is 11.1 Å². The summed E-state index contributed by atoms with van der Waals surface area (Å²) in [6, 6.07) is 15.9. The van der Waals surface area contributed by atoms with E-state index in [1.54, 1.807) is 7.11 Å². The van der Waals surface area contributed by atoms with Gasteiger partial charge in [-0.05, 0) is 56.0 Å². The predicted molar refractivity (Wildman–Crippen MR) is 100 cm³/mol. The highest BCUT2D eigenvalue weighted by Gasteiger charge is 2.02. The summed E-state index contributed by atoms with van der Waals surface area (Å²) in [5, 5.41) is 2.97. The van der Waals surface area contributed by atoms with Crippen molar-refractivity contribution in [3.63, 3.8) is 0 Å². The van der Waals surface area contributed by atoms with Crippen LogP contribution < -0.4 is 14.8 Å². The number of hydrogen-bond donors (Lipinski definition) is 1. The van der Waals surface area contributed by atoms with Crippen molar-refractivity contribution >= 4 is 5.91 Å². The van der Waals surface area contributed by atoms with E-state index >= 15 is 0 Å². The number of nitrogens with one attached hydrogen (secondary N) is 1. The van der Waals surface area contributed by atoms with Crippen molar-refractivity contribution in [1.29, 1.82) is 0 Å². The van der Waals surface area contributed by atoms with Crippen LogP contribution in [0, 0.1) is 6.92 Å². The molecule has 4 heteroatoms. The van der Waals surface area contributed by atoms with Crippen molar-refractivity contribution in [3.05, 3.63) is 59.7 Å². The van der Waals surface area contributed by atoms with E-state index in [0.29, 0.717) is 26.0 Å². The summed E-state index contributed by atoms with van der Waals surface area (Å²) in [5.74, 6) is 1.68. The first-order valence-electron chi connectivity index (χ1n) is 8.76. The second kappa shape index (κ2) is 10.4. The Morgan fingerprint density at radius 2 is 1.80 bits per heavy atom. The Hall–Kier alpha value is -2.49. The first kappa shape index (κ1) is 18.8. The van der Waals surface area contributed by atoms with Gasteiger partial charge in [-0.15, -0.1) is 0 Å². The first-order valence-corrected chi connectivity index (χ1v) is 8.76. The standard InChI is InChI=1S/C21H27NO3/c1-17-6-3-7-18(16-17)8-4-14-22-21(23)9-5-15-25-20-12-10-19(24-2)11-13-20/h3,6-7,10-13,16H,4-5,8-9,14-15H2,1-2H3,(H,22,23). The number of carbonyl (C=O) groups is 1. The van der Waals surface area contributed by atoms with E-state index in [9.17, 15) is 4.79 Å². The van der Waals surface area contributed by atoms with Crippen LogP contribution in [0.1, 0.15) is 30.4 Å². The Labute approximate surface area is 150 Å². The molecule has 2 aromatic carbocycles. The van der Waals surface area contributed by atoms with Crippen LogP contribution in [-0.2, 0) is 11.2 Å². The maximum absolute atomic E-state index is 11.8. The van der Waals surface area contributed by atoms with E-state index in [2.05, 4.69) is 36.5 Å². The highest BCUT2D eigenvalue weighted by atomic mass is 16.5. The average Bonchev–Trinajstić information content (AvgIpc) is 2.63. The molecule has 0 aliphatic carbocycles. The smallest absolute Gasteiger partial charge is 0.220 e. The summed E-state index contributed by atoms with van der Waals surface area (Å²) >= 11 is 0. The molecule has 0 saturated carbocycles. The molecule has 2 aromatic rings. The maximum atomic E-state index is 11.8. The molecule has 0 spiro atoms. The van der Waals surface area contributed by atoms with Crippen molar-refractivity contribution < 1.29 is 14.3 Å². The van der Waals surface area contributed by atoms with Gasteiger partial charge < -0.3 is 14.8 Å². The van der Waals surface area contributed by atoms with E-state index in [-0.39, 0.29) is 5.91 Å². The fraction of sp³-hybridized carbons (Fsp3) is 0.381. The van der Waals surface area contributed by atoms with Crippen molar-refractivity contribution in [2.75, 3.05) is 20.3 Å². The van der Waals surface area contributed by atoms with Gasteiger partial charge in [-0.3, -0.25) is 4.79 Å². The highest BCUT2D eigenvalue weighted by Crippen LogP contribution is 2.17. The third-order valence-electron chi connectivity index (χ3n) is 3.92. The first-order chi connectivity index (χ1) is 12.2. The largest absolute Gasteiger partial charge is 0.497 e. The number of hydrogen-bond acceptors (Lipinski definition) is 3. The topological polar surface area (TPSA) is 47.6 Å². The summed E-state index contributed by atoms with van der Waals surface area (Å²) in [6.45, 7) is 3.34. The van der Waals surface area contributed by atoms with Crippen LogP contribution in [0.25, 0.3) is 0 Å². The van der Waals surface area contributed by atoms with Gasteiger partial charge in [0, 0.05) is 13.0 Å². The maximum Gasteiger partial charge on any atom is 0.220 e. The average molecular weight is 341 g/mol. The lowest BCUT2D eigenvalue weighted by Gasteiger charge is -2.08. The number of aryl methyl sites for hydroxylation is 2. The highest BCUT2D eigenvalue weighted by molar-refractivity contribution is 5.75. The minimum absolute atomic E-state index is 0.0857. The summed E-state index contributed by atoms with van der Waals surface area (Å²) in [5.41, 5.74) is 2.60. The molecule has 25 heavy (non-hydrogen) atoms. The molecule has 0 saturated heterocycles. The van der Waals surface area contributed by atoms with Gasteiger partial charge >= 0.3 is 0 Å². The Morgan fingerprint density at radius 3 is 2.52 bits per heavy atom. The SMILES string of the molecule is COc1ccc(OCCCC(=O)NCCCc2cccc(C)c2)cc1. The fourth-order valence-electron chi connectivity index (χ4n) is 2.57. The number of rotatable bonds is 10. The molecule has 0 heterocycles. The lowest BCUT2D eigenvalue weighted by molar-refractivity contribution is -0.121. The Kier molecular flexibility index (Phi) is 7.83. The van der Waals surface area contributed by atoms with Crippen LogP contribution in [0.3, 0.4) is 0 Å². The van der Waals surface area contributed by atoms with Crippen LogP contribution in [0.4, 0.5) is 0 Å². The van der Waals surface area contributed by atoms with Crippen LogP contribution in [0.5, 0.6) is 11.5 Å². The molecule has 0 aliphatic rings. The molecule has 0 unspecified atom stereocenters. The molecule has 1 amide bonds. The zero-order valence-corrected chi connectivity index (χ0v) is 15.1. The molecule has 1 N–H and O–H groups in total. The molecule has 0 atom stereocenters. The van der Waals surface area contributed by atoms with E-state index in [0.717, 1.165) is 24.3 Å². The Balaban J connectivity index is 1.53. The van der Waals surface area contributed by atoms with Crippen LogP contribution >= 0.6 is 0 Å². The number of ether oxygens (including phenoxy) is 2. The Morgan fingerprint density at radius 1 is 1.04 bits per heavy atom. The predicted octanol–water partition coefficient (Wildman–Crippen LogP) is 3.91. The summed E-state index contributed by atoms with van der Waals surface area (Å²) < 4.78 is 10.7. The molecule has 134 valence electrons. The zero-order chi connectivity index (χ0) is 17.9. The van der Waals surface area contributed by atoms with Gasteiger partial charge in [0.1, 0.15) is 11.5 Å². The lowest BCUT2D eigenvalue weighted by atomic mass is 10.1. The molecule has 0 aromatic heterocycles. The normalized spacial score (nSPS) is 10.3. The second-order valence-electron chi connectivity index (χ2n) is 6.07.